The van der Waals surface area contributed by atoms with Crippen molar-refractivity contribution in [1.29, 1.82) is 5.26 Å². The van der Waals surface area contributed by atoms with Gasteiger partial charge in [-0.05, 0) is 64.7 Å². The number of ether oxygens (including phenoxy) is 1. The molecule has 0 aliphatic rings. The molecule has 0 radical (unpaired) electrons. The number of esters is 1. The number of carbonyl (C=O) groups excluding carboxylic acids is 1. The van der Waals surface area contributed by atoms with Crippen molar-refractivity contribution >= 4 is 23.7 Å². The van der Waals surface area contributed by atoms with Gasteiger partial charge >= 0.3 is 11.9 Å². The summed E-state index contributed by atoms with van der Waals surface area (Å²) in [5, 5.41) is 18.3. The average Bonchev–Trinajstić information content (AvgIpc) is 2.56. The number of benzene rings is 1. The molecule has 1 aromatic carbocycles. The van der Waals surface area contributed by atoms with Gasteiger partial charge in [0.1, 0.15) is 10.9 Å². The molecular weight excluding hydrogens is 374 g/mol. The van der Waals surface area contributed by atoms with Gasteiger partial charge in [-0.1, -0.05) is 26.0 Å². The van der Waals surface area contributed by atoms with Crippen LogP contribution in [0.5, 0.6) is 0 Å². The number of thioether (sulfide) groups is 1. The molecule has 0 bridgehead atoms. The van der Waals surface area contributed by atoms with E-state index in [1.807, 2.05) is 52.0 Å². The van der Waals surface area contributed by atoms with Gasteiger partial charge in [0.25, 0.3) is 0 Å². The Morgan fingerprint density at radius 2 is 1.82 bits per heavy atom. The van der Waals surface area contributed by atoms with Crippen molar-refractivity contribution in [2.75, 3.05) is 0 Å². The monoisotopic (exact) mass is 405 g/mol. The third-order valence-electron chi connectivity index (χ3n) is 4.15. The lowest BCUT2D eigenvalue weighted by Gasteiger charge is -2.28. The largest absolute Gasteiger partial charge is 0.481 e. The molecule has 5 nitrogen and oxygen atoms in total. The zero-order chi connectivity index (χ0) is 21.7. The molecule has 1 rings (SSSR count). The molecule has 1 aromatic rings. The fourth-order valence-electron chi connectivity index (χ4n) is 2.69. The Balaban J connectivity index is 3.29. The van der Waals surface area contributed by atoms with Crippen LogP contribution in [0.25, 0.3) is 0 Å². The zero-order valence-corrected chi connectivity index (χ0v) is 18.6. The van der Waals surface area contributed by atoms with Gasteiger partial charge < -0.3 is 9.84 Å². The van der Waals surface area contributed by atoms with Gasteiger partial charge in [-0.3, -0.25) is 9.59 Å². The number of carbonyl (C=O) groups is 2. The van der Waals surface area contributed by atoms with Gasteiger partial charge in [0.05, 0.1) is 17.4 Å². The Labute approximate surface area is 172 Å². The maximum absolute atomic E-state index is 12.9. The summed E-state index contributed by atoms with van der Waals surface area (Å²) in [6.45, 7) is 12.8. The second-order valence-corrected chi connectivity index (χ2v) is 10.1. The molecule has 0 saturated carbocycles. The van der Waals surface area contributed by atoms with Crippen LogP contribution in [-0.2, 0) is 19.7 Å². The molecule has 154 valence electrons. The Morgan fingerprint density at radius 3 is 2.29 bits per heavy atom. The molecule has 0 aliphatic heterocycles. The molecule has 0 amide bonds. The molecule has 0 fully saturated rings. The first-order valence-corrected chi connectivity index (χ1v) is 10.3. The van der Waals surface area contributed by atoms with E-state index in [2.05, 4.69) is 6.07 Å². The normalized spacial score (nSPS) is 14.2. The summed E-state index contributed by atoms with van der Waals surface area (Å²) in [6, 6.07) is 9.62. The molecule has 0 aliphatic carbocycles. The van der Waals surface area contributed by atoms with Crippen LogP contribution >= 0.6 is 11.8 Å². The van der Waals surface area contributed by atoms with E-state index in [1.165, 1.54) is 11.8 Å². The third kappa shape index (κ3) is 7.20. The fourth-order valence-corrected chi connectivity index (χ4v) is 3.87. The van der Waals surface area contributed by atoms with E-state index in [-0.39, 0.29) is 5.92 Å². The first-order chi connectivity index (χ1) is 12.8. The first kappa shape index (κ1) is 24.0. The van der Waals surface area contributed by atoms with E-state index >= 15 is 0 Å². The van der Waals surface area contributed by atoms with Crippen molar-refractivity contribution in [3.8, 4) is 6.07 Å². The fraction of sp³-hybridized carbons (Fsp3) is 0.591. The Morgan fingerprint density at radius 1 is 1.21 bits per heavy atom. The van der Waals surface area contributed by atoms with Crippen LogP contribution in [0.1, 0.15) is 60.5 Å². The quantitative estimate of drug-likeness (QED) is 0.482. The van der Waals surface area contributed by atoms with Crippen LogP contribution in [0.15, 0.2) is 29.2 Å². The van der Waals surface area contributed by atoms with Crippen LogP contribution in [-0.4, -0.2) is 27.9 Å². The molecule has 2 atom stereocenters. The van der Waals surface area contributed by atoms with Gasteiger partial charge in [-0.2, -0.15) is 5.26 Å². The van der Waals surface area contributed by atoms with E-state index < -0.39 is 34.1 Å². The van der Waals surface area contributed by atoms with Crippen molar-refractivity contribution < 1.29 is 19.4 Å². The third-order valence-corrected chi connectivity index (χ3v) is 5.45. The van der Waals surface area contributed by atoms with E-state index in [4.69, 9.17) is 4.74 Å². The number of carboxylic acids is 1. The maximum Gasteiger partial charge on any atom is 0.320 e. The van der Waals surface area contributed by atoms with Crippen molar-refractivity contribution in [3.63, 3.8) is 0 Å². The minimum Gasteiger partial charge on any atom is -0.481 e. The highest BCUT2D eigenvalue weighted by Gasteiger charge is 2.38. The molecule has 0 heterocycles. The van der Waals surface area contributed by atoms with Crippen LogP contribution in [0, 0.1) is 23.2 Å². The Kier molecular flexibility index (Phi) is 8.13. The van der Waals surface area contributed by atoms with Gasteiger partial charge in [0, 0.05) is 4.90 Å². The van der Waals surface area contributed by atoms with Crippen LogP contribution < -0.4 is 0 Å². The van der Waals surface area contributed by atoms with Crippen molar-refractivity contribution in [1.82, 2.24) is 0 Å². The standard InChI is InChI=1S/C22H31NO4S/c1-14(2)11-17(19(24)25)18(20(26)27-21(3,4)5)28-16-10-8-9-15(12-16)22(6,7)13-23/h8-10,12,14,17-18H,11H2,1-7H3,(H,24,25)/t17-,18+/m1/s1. The van der Waals surface area contributed by atoms with E-state index in [0.717, 1.165) is 10.5 Å². The van der Waals surface area contributed by atoms with E-state index in [1.54, 1.807) is 20.8 Å². The predicted molar refractivity (Wildman–Crippen MR) is 111 cm³/mol. The summed E-state index contributed by atoms with van der Waals surface area (Å²) in [7, 11) is 0. The summed E-state index contributed by atoms with van der Waals surface area (Å²) < 4.78 is 5.53. The van der Waals surface area contributed by atoms with E-state index in [9.17, 15) is 20.0 Å². The molecule has 0 saturated heterocycles. The molecule has 0 spiro atoms. The van der Waals surface area contributed by atoms with Gasteiger partial charge in [0.2, 0.25) is 0 Å². The lowest BCUT2D eigenvalue weighted by molar-refractivity contribution is -0.159. The van der Waals surface area contributed by atoms with Crippen molar-refractivity contribution in [2.45, 2.75) is 76.0 Å². The molecule has 6 heteroatoms. The summed E-state index contributed by atoms with van der Waals surface area (Å²) in [4.78, 5) is 25.6. The number of carboxylic acid groups (broad SMARTS) is 1. The predicted octanol–water partition coefficient (Wildman–Crippen LogP) is 5.04. The number of aliphatic carboxylic acids is 1. The maximum atomic E-state index is 12.9. The molecule has 28 heavy (non-hydrogen) atoms. The summed E-state index contributed by atoms with van der Waals surface area (Å²) in [5.74, 6) is -2.29. The van der Waals surface area contributed by atoms with E-state index in [0.29, 0.717) is 6.42 Å². The SMILES string of the molecule is CC(C)C[C@@H](C(=O)O)[C@H](Sc1cccc(C(C)(C)C#N)c1)C(=O)OC(C)(C)C. The Hall–Kier alpha value is -2.00. The van der Waals surface area contributed by atoms with Gasteiger partial charge in [0.15, 0.2) is 0 Å². The second kappa shape index (κ2) is 9.47. The van der Waals surface area contributed by atoms with Gasteiger partial charge in [-0.25, -0.2) is 0 Å². The van der Waals surface area contributed by atoms with Gasteiger partial charge in [-0.15, -0.1) is 11.8 Å². The summed E-state index contributed by atoms with van der Waals surface area (Å²) >= 11 is 1.19. The summed E-state index contributed by atoms with van der Waals surface area (Å²) in [5.41, 5.74) is -0.567. The number of hydrogen-bond acceptors (Lipinski definition) is 5. The number of rotatable bonds is 8. The number of nitriles is 1. The first-order valence-electron chi connectivity index (χ1n) is 9.41. The minimum absolute atomic E-state index is 0.121. The molecule has 0 unspecified atom stereocenters. The lowest BCUT2D eigenvalue weighted by Crippen LogP contribution is -2.38. The highest BCUT2D eigenvalue weighted by atomic mass is 32.2. The molecular formula is C22H31NO4S. The molecule has 0 aromatic heterocycles. The van der Waals surface area contributed by atoms with Crippen molar-refractivity contribution in [2.24, 2.45) is 11.8 Å². The average molecular weight is 406 g/mol. The summed E-state index contributed by atoms with van der Waals surface area (Å²) in [6.07, 6.45) is 0.371. The number of nitrogens with zero attached hydrogens (tertiary/aromatic N) is 1. The van der Waals surface area contributed by atoms with Crippen LogP contribution in [0.3, 0.4) is 0 Å². The highest BCUT2D eigenvalue weighted by molar-refractivity contribution is 8.00. The van der Waals surface area contributed by atoms with Crippen LogP contribution in [0.4, 0.5) is 0 Å². The minimum atomic E-state index is -1.01. The Bertz CT molecular complexity index is 744. The topological polar surface area (TPSA) is 87.4 Å². The molecule has 1 N–H and O–H groups in total. The van der Waals surface area contributed by atoms with Crippen molar-refractivity contribution in [3.05, 3.63) is 29.8 Å². The van der Waals surface area contributed by atoms with Crippen LogP contribution in [0.2, 0.25) is 0 Å². The smallest absolute Gasteiger partial charge is 0.320 e. The number of hydrogen-bond donors (Lipinski definition) is 1. The second-order valence-electron chi connectivity index (χ2n) is 8.91. The lowest BCUT2D eigenvalue weighted by atomic mass is 9.86. The highest BCUT2D eigenvalue weighted by Crippen LogP contribution is 2.35. The zero-order valence-electron chi connectivity index (χ0n) is 17.8.